The number of aromatic nitrogens is 3. The Bertz CT molecular complexity index is 2330. The van der Waals surface area contributed by atoms with Gasteiger partial charge in [0.25, 0.3) is 0 Å². The summed E-state index contributed by atoms with van der Waals surface area (Å²) in [6.07, 6.45) is 2.03. The van der Waals surface area contributed by atoms with Gasteiger partial charge in [-0.3, -0.25) is 0 Å². The van der Waals surface area contributed by atoms with Gasteiger partial charge in [-0.15, -0.1) is 0 Å². The summed E-state index contributed by atoms with van der Waals surface area (Å²) in [5.74, 6) is 0. The minimum Gasteiger partial charge on any atom is -0.309 e. The van der Waals surface area contributed by atoms with Crippen LogP contribution >= 0.6 is 0 Å². The normalized spacial score (nSPS) is 13.8. The molecule has 3 nitrogen and oxygen atoms in total. The van der Waals surface area contributed by atoms with Gasteiger partial charge in [-0.1, -0.05) is 92.7 Å². The molecule has 3 heterocycles. The van der Waals surface area contributed by atoms with E-state index in [-0.39, 0.29) is 5.41 Å². The van der Waals surface area contributed by atoms with E-state index in [4.69, 9.17) is 5.10 Å². The van der Waals surface area contributed by atoms with Gasteiger partial charge >= 0.3 is 0 Å². The van der Waals surface area contributed by atoms with Gasteiger partial charge in [0.2, 0.25) is 0 Å². The number of hydrogen-bond acceptors (Lipinski definition) is 1. The molecule has 0 fully saturated rings. The molecule has 0 saturated heterocycles. The lowest BCUT2D eigenvalue weighted by Crippen LogP contribution is -2.14. The third kappa shape index (κ3) is 3.01. The van der Waals surface area contributed by atoms with Gasteiger partial charge in [-0.25, -0.2) is 4.52 Å². The third-order valence-electron chi connectivity index (χ3n) is 9.16. The summed E-state index contributed by atoms with van der Waals surface area (Å²) in [5.41, 5.74) is 13.6. The molecule has 41 heavy (non-hydrogen) atoms. The Balaban J connectivity index is 1.26. The highest BCUT2D eigenvalue weighted by Gasteiger charge is 2.36. The fraction of sp³-hybridized carbons (Fsp3) is 0.0789. The predicted octanol–water partition coefficient (Wildman–Crippen LogP) is 9.56. The first-order chi connectivity index (χ1) is 20.1. The van der Waals surface area contributed by atoms with Crippen LogP contribution in [0.15, 0.2) is 128 Å². The van der Waals surface area contributed by atoms with Gasteiger partial charge in [0.05, 0.1) is 22.1 Å². The van der Waals surface area contributed by atoms with Gasteiger partial charge in [0.1, 0.15) is 0 Å². The van der Waals surface area contributed by atoms with Crippen molar-refractivity contribution >= 4 is 38.2 Å². The van der Waals surface area contributed by atoms with E-state index < -0.39 is 0 Å². The Hall–Kier alpha value is -5.15. The molecule has 0 atom stereocenters. The Morgan fingerprint density at radius 3 is 2.17 bits per heavy atom. The van der Waals surface area contributed by atoms with Crippen molar-refractivity contribution in [1.82, 2.24) is 14.2 Å². The molecule has 0 bridgehead atoms. The van der Waals surface area contributed by atoms with Crippen LogP contribution < -0.4 is 0 Å². The van der Waals surface area contributed by atoms with Crippen LogP contribution in [0.4, 0.5) is 0 Å². The summed E-state index contributed by atoms with van der Waals surface area (Å²) >= 11 is 0. The predicted molar refractivity (Wildman–Crippen MR) is 170 cm³/mol. The second-order valence-corrected chi connectivity index (χ2v) is 11.7. The van der Waals surface area contributed by atoms with E-state index in [0.29, 0.717) is 0 Å². The fourth-order valence-corrected chi connectivity index (χ4v) is 7.19. The molecule has 0 N–H and O–H groups in total. The van der Waals surface area contributed by atoms with E-state index in [1.165, 1.54) is 60.6 Å². The molecule has 0 saturated carbocycles. The Labute approximate surface area is 237 Å². The minimum atomic E-state index is -0.0240. The fourth-order valence-electron chi connectivity index (χ4n) is 7.19. The van der Waals surface area contributed by atoms with E-state index in [1.807, 2.05) is 16.8 Å². The SMILES string of the molecule is CC1(C)c2ccccc2-c2cc3c(cc21)c1ccccc1n3-c1ccc(-c2cccn3nc4ccccc4c23)cc1. The first-order valence-corrected chi connectivity index (χ1v) is 14.2. The molecular weight excluding hydrogens is 498 g/mol. The highest BCUT2D eigenvalue weighted by Crippen LogP contribution is 2.51. The molecule has 3 aromatic heterocycles. The van der Waals surface area contributed by atoms with Crippen LogP contribution in [0.1, 0.15) is 25.0 Å². The van der Waals surface area contributed by atoms with Crippen LogP contribution in [0.3, 0.4) is 0 Å². The van der Waals surface area contributed by atoms with E-state index in [1.54, 1.807) is 0 Å². The van der Waals surface area contributed by atoms with Crippen LogP contribution in [0, 0.1) is 0 Å². The van der Waals surface area contributed by atoms with Gasteiger partial charge in [-0.05, 0) is 70.3 Å². The van der Waals surface area contributed by atoms with E-state index in [9.17, 15) is 0 Å². The zero-order valence-electron chi connectivity index (χ0n) is 23.0. The summed E-state index contributed by atoms with van der Waals surface area (Å²) < 4.78 is 4.43. The van der Waals surface area contributed by atoms with Crippen molar-refractivity contribution in [2.75, 3.05) is 0 Å². The van der Waals surface area contributed by atoms with Crippen molar-refractivity contribution < 1.29 is 0 Å². The second-order valence-electron chi connectivity index (χ2n) is 11.7. The molecule has 194 valence electrons. The number of rotatable bonds is 2. The van der Waals surface area contributed by atoms with Crippen LogP contribution in [0.5, 0.6) is 0 Å². The Morgan fingerprint density at radius 1 is 0.561 bits per heavy atom. The first kappa shape index (κ1) is 22.6. The van der Waals surface area contributed by atoms with Gasteiger partial charge in [0.15, 0.2) is 0 Å². The maximum atomic E-state index is 4.80. The number of nitrogens with zero attached hydrogens (tertiary/aromatic N) is 3. The lowest BCUT2D eigenvalue weighted by atomic mass is 9.82. The number of pyridine rings is 1. The molecule has 1 aliphatic rings. The smallest absolute Gasteiger partial charge is 0.0934 e. The maximum absolute atomic E-state index is 4.80. The van der Waals surface area contributed by atoms with Crippen molar-refractivity contribution in [3.8, 4) is 27.9 Å². The number of para-hydroxylation sites is 1. The van der Waals surface area contributed by atoms with Crippen molar-refractivity contribution in [3.63, 3.8) is 0 Å². The zero-order valence-corrected chi connectivity index (χ0v) is 23.0. The largest absolute Gasteiger partial charge is 0.309 e. The van der Waals surface area contributed by atoms with Crippen LogP contribution in [0.2, 0.25) is 0 Å². The van der Waals surface area contributed by atoms with Gasteiger partial charge in [-0.2, -0.15) is 5.10 Å². The molecule has 0 radical (unpaired) electrons. The molecule has 8 aromatic rings. The standard InChI is InChI=1S/C38H27N3/c1-38(2)32-14-6-3-10-27(32)30-23-36-31(22-33(30)38)28-11-5-8-16-35(28)41(36)25-19-17-24(18-20-25)26-13-9-21-40-37(26)29-12-4-7-15-34(29)39-40/h3-23H,1-2H3. The van der Waals surface area contributed by atoms with Crippen LogP contribution in [0.25, 0.3) is 66.2 Å². The monoisotopic (exact) mass is 525 g/mol. The average molecular weight is 526 g/mol. The average Bonchev–Trinajstić information content (AvgIpc) is 3.62. The summed E-state index contributed by atoms with van der Waals surface area (Å²) in [6.45, 7) is 4.71. The molecule has 1 aliphatic carbocycles. The summed E-state index contributed by atoms with van der Waals surface area (Å²) in [7, 11) is 0. The molecular formula is C38H27N3. The molecule has 0 amide bonds. The van der Waals surface area contributed by atoms with Crippen molar-refractivity contribution in [1.29, 1.82) is 0 Å². The molecule has 5 aromatic carbocycles. The number of fused-ring (bicyclic) bond motifs is 9. The van der Waals surface area contributed by atoms with Crippen molar-refractivity contribution in [2.45, 2.75) is 19.3 Å². The second kappa shape index (κ2) is 7.96. The van der Waals surface area contributed by atoms with Gasteiger partial charge in [0, 0.05) is 39.0 Å². The molecule has 0 spiro atoms. The number of benzene rings is 5. The van der Waals surface area contributed by atoms with E-state index in [0.717, 1.165) is 16.7 Å². The molecule has 0 unspecified atom stereocenters. The highest BCUT2D eigenvalue weighted by molar-refractivity contribution is 6.11. The van der Waals surface area contributed by atoms with E-state index >= 15 is 0 Å². The van der Waals surface area contributed by atoms with Crippen molar-refractivity contribution in [3.05, 3.63) is 139 Å². The topological polar surface area (TPSA) is 22.2 Å². The third-order valence-corrected chi connectivity index (χ3v) is 9.16. The highest BCUT2D eigenvalue weighted by atomic mass is 15.2. The van der Waals surface area contributed by atoms with Crippen molar-refractivity contribution in [2.24, 2.45) is 0 Å². The minimum absolute atomic E-state index is 0.0240. The lowest BCUT2D eigenvalue weighted by molar-refractivity contribution is 0.661. The molecule has 3 heteroatoms. The Morgan fingerprint density at radius 2 is 1.29 bits per heavy atom. The lowest BCUT2D eigenvalue weighted by Gasteiger charge is -2.21. The van der Waals surface area contributed by atoms with Crippen LogP contribution in [-0.4, -0.2) is 14.2 Å². The first-order valence-electron chi connectivity index (χ1n) is 14.2. The molecule has 9 rings (SSSR count). The zero-order chi connectivity index (χ0) is 27.3. The van der Waals surface area contributed by atoms with Crippen LogP contribution in [-0.2, 0) is 5.41 Å². The van der Waals surface area contributed by atoms with E-state index in [2.05, 4.69) is 134 Å². The summed E-state index contributed by atoms with van der Waals surface area (Å²) in [5, 5.41) is 8.56. The maximum Gasteiger partial charge on any atom is 0.0934 e. The summed E-state index contributed by atoms with van der Waals surface area (Å²) in [6, 6.07) is 44.2. The number of hydrogen-bond donors (Lipinski definition) is 0. The quantitative estimate of drug-likeness (QED) is 0.220. The Kier molecular flexibility index (Phi) is 4.39. The molecule has 0 aliphatic heterocycles. The van der Waals surface area contributed by atoms with Gasteiger partial charge < -0.3 is 4.57 Å². The summed E-state index contributed by atoms with van der Waals surface area (Å²) in [4.78, 5) is 0.